The van der Waals surface area contributed by atoms with Gasteiger partial charge in [-0.15, -0.1) is 0 Å². The van der Waals surface area contributed by atoms with Crippen LogP contribution < -0.4 is 0 Å². The summed E-state index contributed by atoms with van der Waals surface area (Å²) in [5, 5.41) is -0.0956. The lowest BCUT2D eigenvalue weighted by Gasteiger charge is -2.45. The molecular formula is C26H39NO5Si. The van der Waals surface area contributed by atoms with Crippen molar-refractivity contribution in [3.63, 3.8) is 0 Å². The Morgan fingerprint density at radius 1 is 1.15 bits per heavy atom. The van der Waals surface area contributed by atoms with Crippen molar-refractivity contribution in [1.82, 2.24) is 4.90 Å². The standard InChI is InChI=1S/C26H39NO5Si/c1-15-11-12-16-9-7-8-10-17(16)19(15)21(28)20-22-26(32-33(5,6)25(2,3)4)18(24(30)31-22)13-14-27(26)23(20)29/h11-12,15-20,22H,7-10,13-14H2,1-6H3/t15-,16+,17-,18-,19-,20-,22-,26+/m0/s1. The first-order valence-electron chi connectivity index (χ1n) is 12.8. The van der Waals surface area contributed by atoms with E-state index in [1.54, 1.807) is 4.90 Å². The Balaban J connectivity index is 1.53. The molecule has 3 aliphatic heterocycles. The van der Waals surface area contributed by atoms with Crippen molar-refractivity contribution in [3.05, 3.63) is 12.2 Å². The Bertz CT molecular complexity index is 907. The zero-order chi connectivity index (χ0) is 23.9. The number of allylic oxidation sites excluding steroid dienone is 2. The number of hydrogen-bond acceptors (Lipinski definition) is 5. The topological polar surface area (TPSA) is 72.9 Å². The van der Waals surface area contributed by atoms with Crippen LogP contribution in [0.3, 0.4) is 0 Å². The number of hydrogen-bond donors (Lipinski definition) is 0. The molecule has 6 nitrogen and oxygen atoms in total. The predicted octanol–water partition coefficient (Wildman–Crippen LogP) is 4.31. The van der Waals surface area contributed by atoms with Crippen LogP contribution in [0.4, 0.5) is 0 Å². The summed E-state index contributed by atoms with van der Waals surface area (Å²) in [4.78, 5) is 42.7. The van der Waals surface area contributed by atoms with Gasteiger partial charge in [-0.2, -0.15) is 0 Å². The van der Waals surface area contributed by atoms with Gasteiger partial charge < -0.3 is 14.1 Å². The van der Waals surface area contributed by atoms with Gasteiger partial charge in [0.25, 0.3) is 0 Å². The third-order valence-electron chi connectivity index (χ3n) is 9.76. The molecule has 0 bridgehead atoms. The van der Waals surface area contributed by atoms with Gasteiger partial charge in [-0.25, -0.2) is 0 Å². The summed E-state index contributed by atoms with van der Waals surface area (Å²) in [6, 6.07) is 0. The first-order valence-corrected chi connectivity index (χ1v) is 15.7. The van der Waals surface area contributed by atoms with Gasteiger partial charge in [0.05, 0.1) is 0 Å². The van der Waals surface area contributed by atoms with Crippen LogP contribution in [0.5, 0.6) is 0 Å². The summed E-state index contributed by atoms with van der Waals surface area (Å²) in [5.74, 6) is -1.38. The summed E-state index contributed by atoms with van der Waals surface area (Å²) in [6.45, 7) is 13.3. The van der Waals surface area contributed by atoms with E-state index >= 15 is 0 Å². The van der Waals surface area contributed by atoms with Gasteiger partial charge in [0, 0.05) is 12.5 Å². The van der Waals surface area contributed by atoms with Gasteiger partial charge in [0.15, 0.2) is 25.9 Å². The zero-order valence-electron chi connectivity index (χ0n) is 20.9. The van der Waals surface area contributed by atoms with Gasteiger partial charge in [0.1, 0.15) is 11.8 Å². The minimum Gasteiger partial charge on any atom is -0.456 e. The highest BCUT2D eigenvalue weighted by Gasteiger charge is 2.76. The minimum absolute atomic E-state index is 0.0280. The molecule has 0 radical (unpaired) electrons. The Kier molecular flexibility index (Phi) is 5.30. The lowest BCUT2D eigenvalue weighted by molar-refractivity contribution is -0.150. The van der Waals surface area contributed by atoms with E-state index in [1.165, 1.54) is 6.42 Å². The maximum absolute atomic E-state index is 14.2. The van der Waals surface area contributed by atoms with Crippen LogP contribution in [0.25, 0.3) is 0 Å². The quantitative estimate of drug-likeness (QED) is 0.263. The normalized spacial score (nSPS) is 42.4. The molecule has 0 unspecified atom stereocenters. The molecular weight excluding hydrogens is 434 g/mol. The SMILES string of the molecule is C[C@H]1C=C[C@H]2CCCC[C@@H]2[C@H]1C(=O)[C@@H]1C(=O)N2CC[C@H]3C(=O)O[C@@H]1[C@]32O[Si](C)(C)C(C)(C)C. The van der Waals surface area contributed by atoms with E-state index < -0.39 is 32.0 Å². The third-order valence-corrected chi connectivity index (χ3v) is 14.2. The summed E-state index contributed by atoms with van der Waals surface area (Å²) < 4.78 is 12.8. The Morgan fingerprint density at radius 2 is 1.85 bits per heavy atom. The molecule has 5 rings (SSSR count). The average molecular weight is 474 g/mol. The Hall–Kier alpha value is -1.47. The van der Waals surface area contributed by atoms with Gasteiger partial charge in [-0.05, 0) is 55.1 Å². The van der Waals surface area contributed by atoms with Crippen molar-refractivity contribution in [3.8, 4) is 0 Å². The van der Waals surface area contributed by atoms with Crippen molar-refractivity contribution < 1.29 is 23.5 Å². The van der Waals surface area contributed by atoms with Crippen LogP contribution in [0, 0.1) is 35.5 Å². The number of carbonyl (C=O) groups is 3. The van der Waals surface area contributed by atoms with Crippen LogP contribution in [0.2, 0.25) is 18.1 Å². The van der Waals surface area contributed by atoms with Gasteiger partial charge in [0.2, 0.25) is 5.91 Å². The summed E-state index contributed by atoms with van der Waals surface area (Å²) in [6.07, 6.45) is 8.65. The molecule has 3 saturated heterocycles. The molecule has 1 saturated carbocycles. The number of ether oxygens (including phenoxy) is 1. The molecule has 33 heavy (non-hydrogen) atoms. The molecule has 182 valence electrons. The largest absolute Gasteiger partial charge is 0.456 e. The summed E-state index contributed by atoms with van der Waals surface area (Å²) in [7, 11) is -2.36. The van der Waals surface area contributed by atoms with Crippen LogP contribution in [0.15, 0.2) is 12.2 Å². The van der Waals surface area contributed by atoms with Gasteiger partial charge in [-0.1, -0.05) is 52.7 Å². The smallest absolute Gasteiger partial charge is 0.314 e. The van der Waals surface area contributed by atoms with Crippen molar-refractivity contribution in [2.24, 2.45) is 35.5 Å². The maximum Gasteiger partial charge on any atom is 0.314 e. The van der Waals surface area contributed by atoms with Gasteiger partial charge >= 0.3 is 5.97 Å². The molecule has 3 heterocycles. The second kappa shape index (κ2) is 7.51. The molecule has 1 amide bonds. The van der Waals surface area contributed by atoms with Crippen LogP contribution in [0.1, 0.15) is 59.8 Å². The fourth-order valence-electron chi connectivity index (χ4n) is 7.04. The van der Waals surface area contributed by atoms with Crippen molar-refractivity contribution in [2.75, 3.05) is 6.54 Å². The van der Waals surface area contributed by atoms with Crippen LogP contribution >= 0.6 is 0 Å². The minimum atomic E-state index is -2.36. The molecule has 7 heteroatoms. The van der Waals surface area contributed by atoms with Crippen LogP contribution in [-0.2, 0) is 23.5 Å². The van der Waals surface area contributed by atoms with E-state index in [1.807, 2.05) is 0 Å². The van der Waals surface area contributed by atoms with Crippen LogP contribution in [-0.4, -0.2) is 49.3 Å². The number of nitrogens with zero attached hydrogens (tertiary/aromatic N) is 1. The second-order valence-electron chi connectivity index (χ2n) is 12.6. The predicted molar refractivity (Wildman–Crippen MR) is 126 cm³/mol. The average Bonchev–Trinajstić information content (AvgIpc) is 3.30. The van der Waals surface area contributed by atoms with E-state index in [0.29, 0.717) is 18.9 Å². The first-order chi connectivity index (χ1) is 15.4. The molecule has 0 aromatic heterocycles. The van der Waals surface area contributed by atoms with E-state index in [-0.39, 0.29) is 40.5 Å². The monoisotopic (exact) mass is 473 g/mol. The number of Topliss-reactive ketones (excluding diaryl/α,β-unsaturated/α-hetero) is 1. The second-order valence-corrected chi connectivity index (χ2v) is 17.3. The molecule has 0 aromatic rings. The molecule has 5 aliphatic rings. The van der Waals surface area contributed by atoms with E-state index in [2.05, 4.69) is 52.9 Å². The molecule has 4 fully saturated rings. The van der Waals surface area contributed by atoms with E-state index in [0.717, 1.165) is 19.3 Å². The van der Waals surface area contributed by atoms with E-state index in [9.17, 15) is 14.4 Å². The fourth-order valence-corrected chi connectivity index (χ4v) is 8.53. The molecule has 8 atom stereocenters. The highest BCUT2D eigenvalue weighted by Crippen LogP contribution is 2.57. The van der Waals surface area contributed by atoms with Crippen molar-refractivity contribution >= 4 is 26.0 Å². The zero-order valence-corrected chi connectivity index (χ0v) is 21.9. The Morgan fingerprint density at radius 3 is 2.55 bits per heavy atom. The van der Waals surface area contributed by atoms with E-state index in [4.69, 9.17) is 9.16 Å². The lowest BCUT2D eigenvalue weighted by atomic mass is 9.62. The fraction of sp³-hybridized carbons (Fsp3) is 0.808. The molecule has 2 aliphatic carbocycles. The Labute approximate surface area is 198 Å². The lowest BCUT2D eigenvalue weighted by Crippen LogP contribution is -2.59. The maximum atomic E-state index is 14.2. The van der Waals surface area contributed by atoms with Crippen molar-refractivity contribution in [2.45, 2.75) is 89.8 Å². The van der Waals surface area contributed by atoms with Crippen molar-refractivity contribution in [1.29, 1.82) is 0 Å². The number of fused-ring (bicyclic) bond motifs is 1. The molecule has 0 aromatic carbocycles. The number of carbonyl (C=O) groups excluding carboxylic acids is 3. The molecule has 0 N–H and O–H groups in total. The number of rotatable bonds is 4. The summed E-state index contributed by atoms with van der Waals surface area (Å²) in [5.41, 5.74) is -1.11. The highest BCUT2D eigenvalue weighted by molar-refractivity contribution is 6.74. The number of amides is 1. The first kappa shape index (κ1) is 23.3. The van der Waals surface area contributed by atoms with Gasteiger partial charge in [-0.3, -0.25) is 14.4 Å². The number of ketones is 1. The highest BCUT2D eigenvalue weighted by atomic mass is 28.4. The summed E-state index contributed by atoms with van der Waals surface area (Å²) >= 11 is 0. The number of esters is 1. The third kappa shape index (κ3) is 3.17. The molecule has 0 spiro atoms.